The van der Waals surface area contributed by atoms with Crippen LogP contribution in [0.3, 0.4) is 0 Å². The van der Waals surface area contributed by atoms with Crippen LogP contribution in [0.1, 0.15) is 70.6 Å². The Bertz CT molecular complexity index is 307. The van der Waals surface area contributed by atoms with E-state index in [1.807, 2.05) is 32.4 Å². The minimum Gasteiger partial charge on any atom is -0.396 e. The number of rotatable bonds is 11. The molecule has 2 heterocycles. The molecule has 24 heavy (non-hydrogen) atoms. The van der Waals surface area contributed by atoms with Gasteiger partial charge in [-0.05, 0) is 51.4 Å². The molecule has 2 nitrogen and oxygen atoms in total. The Labute approximate surface area is 164 Å². The van der Waals surface area contributed by atoms with E-state index < -0.39 is 0 Å². The van der Waals surface area contributed by atoms with Gasteiger partial charge in [-0.1, -0.05) is 62.4 Å². The maximum Gasteiger partial charge on any atom is 0.0590 e. The van der Waals surface area contributed by atoms with Crippen LogP contribution in [0.15, 0.2) is 0 Å². The molecule has 0 aromatic heterocycles. The molecule has 0 amide bonds. The third-order valence-corrected chi connectivity index (χ3v) is 11.2. The minimum atomic E-state index is -0.309. The van der Waals surface area contributed by atoms with Crippen LogP contribution in [-0.4, -0.2) is 44.9 Å². The molecule has 2 rings (SSSR count). The van der Waals surface area contributed by atoms with Crippen molar-refractivity contribution in [3.63, 3.8) is 0 Å². The van der Waals surface area contributed by atoms with Gasteiger partial charge in [-0.2, -0.15) is 0 Å². The van der Waals surface area contributed by atoms with Gasteiger partial charge >= 0.3 is 0 Å². The van der Waals surface area contributed by atoms with E-state index in [1.165, 1.54) is 56.5 Å². The number of aliphatic hydroxyl groups is 2. The molecule has 0 aliphatic carbocycles. The molecule has 4 unspecified atom stereocenters. The minimum absolute atomic E-state index is 0.0888. The summed E-state index contributed by atoms with van der Waals surface area (Å²) in [5.74, 6) is 2.71. The average molecular weight is 411 g/mol. The van der Waals surface area contributed by atoms with Crippen LogP contribution in [0.2, 0.25) is 0 Å². The second-order valence-corrected chi connectivity index (χ2v) is 12.7. The molecule has 0 bridgehead atoms. The second kappa shape index (κ2) is 13.5. The van der Waals surface area contributed by atoms with Crippen LogP contribution in [-0.2, 0) is 0 Å². The maximum atomic E-state index is 10.4. The molecule has 6 heteroatoms. The van der Waals surface area contributed by atoms with E-state index in [2.05, 4.69) is 10.8 Å². The van der Waals surface area contributed by atoms with Gasteiger partial charge in [0.15, 0.2) is 0 Å². The fourth-order valence-electron chi connectivity index (χ4n) is 3.48. The highest BCUT2D eigenvalue weighted by molar-refractivity contribution is 8.77. The molecule has 0 saturated carbocycles. The van der Waals surface area contributed by atoms with Gasteiger partial charge in [0, 0.05) is 34.5 Å². The first-order valence-electron chi connectivity index (χ1n) is 9.65. The summed E-state index contributed by atoms with van der Waals surface area (Å²) in [7, 11) is 8.16. The molecule has 142 valence electrons. The zero-order chi connectivity index (χ0) is 17.0. The van der Waals surface area contributed by atoms with Gasteiger partial charge in [-0.25, -0.2) is 0 Å². The van der Waals surface area contributed by atoms with Crippen LogP contribution in [0.25, 0.3) is 0 Å². The van der Waals surface area contributed by atoms with Crippen LogP contribution in [0, 0.1) is 5.92 Å². The second-order valence-electron chi connectivity index (χ2n) is 7.09. The molecule has 2 fully saturated rings. The zero-order valence-electron chi connectivity index (χ0n) is 14.7. The number of aliphatic hydroxyl groups excluding tert-OH is 2. The van der Waals surface area contributed by atoms with Gasteiger partial charge in [0.2, 0.25) is 0 Å². The Kier molecular flexibility index (Phi) is 12.1. The summed E-state index contributed by atoms with van der Waals surface area (Å²) >= 11 is 0. The van der Waals surface area contributed by atoms with Crippen molar-refractivity contribution in [2.75, 3.05) is 18.1 Å². The van der Waals surface area contributed by atoms with Crippen molar-refractivity contribution in [2.45, 2.75) is 87.2 Å². The summed E-state index contributed by atoms with van der Waals surface area (Å²) in [5.41, 5.74) is 0. The van der Waals surface area contributed by atoms with Crippen molar-refractivity contribution in [2.24, 2.45) is 5.92 Å². The summed E-state index contributed by atoms with van der Waals surface area (Å²) in [4.78, 5) is 0. The van der Waals surface area contributed by atoms with Gasteiger partial charge in [0.05, 0.1) is 6.10 Å². The summed E-state index contributed by atoms with van der Waals surface area (Å²) in [5, 5.41) is 21.7. The Balaban J connectivity index is 1.52. The first-order chi connectivity index (χ1) is 11.8. The molecule has 2 N–H and O–H groups in total. The molecule has 0 aromatic rings. The SMILES string of the molecule is OCC(CCCC1CCCSS1)C(O)CCCCC1CCCSS1. The Morgan fingerprint density at radius 2 is 1.46 bits per heavy atom. The average Bonchev–Trinajstić information content (AvgIpc) is 2.64. The summed E-state index contributed by atoms with van der Waals surface area (Å²) in [6.45, 7) is 0.142. The molecule has 0 aromatic carbocycles. The van der Waals surface area contributed by atoms with Crippen molar-refractivity contribution in [3.8, 4) is 0 Å². The van der Waals surface area contributed by atoms with Crippen molar-refractivity contribution in [1.29, 1.82) is 0 Å². The van der Waals surface area contributed by atoms with Gasteiger partial charge < -0.3 is 10.2 Å². The van der Waals surface area contributed by atoms with Crippen molar-refractivity contribution in [3.05, 3.63) is 0 Å². The van der Waals surface area contributed by atoms with Crippen molar-refractivity contribution >= 4 is 43.2 Å². The number of hydrogen-bond acceptors (Lipinski definition) is 6. The molecular formula is C18H34O2S4. The van der Waals surface area contributed by atoms with E-state index in [0.717, 1.165) is 36.2 Å². The predicted molar refractivity (Wildman–Crippen MR) is 115 cm³/mol. The Morgan fingerprint density at radius 3 is 2.00 bits per heavy atom. The summed E-state index contributed by atoms with van der Waals surface area (Å²) < 4.78 is 0. The summed E-state index contributed by atoms with van der Waals surface area (Å²) in [6, 6.07) is 0. The summed E-state index contributed by atoms with van der Waals surface area (Å²) in [6.07, 6.45) is 13.0. The smallest absolute Gasteiger partial charge is 0.0590 e. The lowest BCUT2D eigenvalue weighted by Crippen LogP contribution is -2.24. The maximum absolute atomic E-state index is 10.4. The van der Waals surface area contributed by atoms with Gasteiger partial charge in [0.25, 0.3) is 0 Å². The van der Waals surface area contributed by atoms with Crippen molar-refractivity contribution in [1.82, 2.24) is 0 Å². The lowest BCUT2D eigenvalue weighted by molar-refractivity contribution is 0.0529. The van der Waals surface area contributed by atoms with E-state index in [1.54, 1.807) is 0 Å². The molecule has 0 spiro atoms. The van der Waals surface area contributed by atoms with Crippen LogP contribution >= 0.6 is 43.2 Å². The lowest BCUT2D eigenvalue weighted by Gasteiger charge is -2.24. The first-order valence-corrected chi connectivity index (χ1v) is 14.4. The Hall–Kier alpha value is 1.32. The van der Waals surface area contributed by atoms with Crippen LogP contribution < -0.4 is 0 Å². The highest BCUT2D eigenvalue weighted by Gasteiger charge is 2.20. The highest BCUT2D eigenvalue weighted by Crippen LogP contribution is 2.39. The van der Waals surface area contributed by atoms with E-state index in [4.69, 9.17) is 0 Å². The van der Waals surface area contributed by atoms with Gasteiger partial charge in [-0.3, -0.25) is 0 Å². The predicted octanol–water partition coefficient (Wildman–Crippen LogP) is 5.77. The number of hydrogen-bond donors (Lipinski definition) is 2. The van der Waals surface area contributed by atoms with Crippen molar-refractivity contribution < 1.29 is 10.2 Å². The first kappa shape index (κ1) is 21.6. The van der Waals surface area contributed by atoms with E-state index in [9.17, 15) is 10.2 Å². The zero-order valence-corrected chi connectivity index (χ0v) is 18.0. The molecule has 2 aliphatic rings. The molecular weight excluding hydrogens is 376 g/mol. The van der Waals surface area contributed by atoms with E-state index in [-0.39, 0.29) is 18.6 Å². The van der Waals surface area contributed by atoms with Gasteiger partial charge in [0.1, 0.15) is 0 Å². The Morgan fingerprint density at radius 1 is 0.833 bits per heavy atom. The molecule has 2 saturated heterocycles. The van der Waals surface area contributed by atoms with Crippen LogP contribution in [0.4, 0.5) is 0 Å². The molecule has 0 radical (unpaired) electrons. The fourth-order valence-corrected chi connectivity index (χ4v) is 9.28. The molecule has 4 atom stereocenters. The van der Waals surface area contributed by atoms with Gasteiger partial charge in [-0.15, -0.1) is 0 Å². The molecule has 2 aliphatic heterocycles. The topological polar surface area (TPSA) is 40.5 Å². The fraction of sp³-hybridized carbons (Fsp3) is 1.00. The van der Waals surface area contributed by atoms with E-state index >= 15 is 0 Å². The normalized spacial score (nSPS) is 27.8. The standard InChI is InChI=1S/C18H34O2S4/c19-14-15(6-3-8-17-10-5-13-22-24-17)18(20)11-2-1-7-16-9-4-12-21-23-16/h15-20H,1-14H2. The van der Waals surface area contributed by atoms with E-state index in [0.29, 0.717) is 0 Å². The lowest BCUT2D eigenvalue weighted by atomic mass is 9.92. The third-order valence-electron chi connectivity index (χ3n) is 5.07. The largest absolute Gasteiger partial charge is 0.396 e. The van der Waals surface area contributed by atoms with Crippen LogP contribution in [0.5, 0.6) is 0 Å². The number of unbranched alkanes of at least 4 members (excludes halogenated alkanes) is 1. The third kappa shape index (κ3) is 8.81. The highest BCUT2D eigenvalue weighted by atomic mass is 33.1. The quantitative estimate of drug-likeness (QED) is 0.333. The monoisotopic (exact) mass is 410 g/mol.